The summed E-state index contributed by atoms with van der Waals surface area (Å²) >= 11 is 0. The summed E-state index contributed by atoms with van der Waals surface area (Å²) in [6.07, 6.45) is 2.19. The molecule has 0 aromatic heterocycles. The van der Waals surface area contributed by atoms with Crippen molar-refractivity contribution in [2.45, 2.75) is 13.8 Å². The first-order chi connectivity index (χ1) is 22.4. The van der Waals surface area contributed by atoms with Crippen LogP contribution in [-0.2, 0) is 4.79 Å². The van der Waals surface area contributed by atoms with Crippen molar-refractivity contribution >= 4 is 34.0 Å². The number of allylic oxidation sites excluding steroid dienone is 2. The number of hydrazone groups is 1. The molecule has 1 aliphatic heterocycles. The molecule has 0 fully saturated rings. The van der Waals surface area contributed by atoms with E-state index in [0.717, 1.165) is 44.5 Å². The van der Waals surface area contributed by atoms with Crippen molar-refractivity contribution < 1.29 is 14.3 Å². The molecule has 226 valence electrons. The summed E-state index contributed by atoms with van der Waals surface area (Å²) in [5.74, 6) is 1.02. The first-order valence-corrected chi connectivity index (χ1v) is 15.3. The van der Waals surface area contributed by atoms with Crippen molar-refractivity contribution in [3.8, 4) is 11.5 Å². The van der Waals surface area contributed by atoms with Crippen LogP contribution in [0.25, 0.3) is 16.7 Å². The number of carbonyl (C=O) groups is 1. The average Bonchev–Trinajstić information content (AvgIpc) is 3.61. The van der Waals surface area contributed by atoms with Crippen LogP contribution >= 0.6 is 0 Å². The summed E-state index contributed by atoms with van der Waals surface area (Å²) in [6, 6.07) is 42.5. The number of benzene rings is 5. The third-order valence-electron chi connectivity index (χ3n) is 8.85. The Hall–Kier alpha value is -5.68. The van der Waals surface area contributed by atoms with Gasteiger partial charge in [0.1, 0.15) is 5.41 Å². The van der Waals surface area contributed by atoms with Gasteiger partial charge in [-0.25, -0.2) is 0 Å². The van der Waals surface area contributed by atoms with Crippen molar-refractivity contribution in [1.82, 2.24) is 0 Å². The largest absolute Gasteiger partial charge is 0.493 e. The molecule has 0 N–H and O–H groups in total. The highest BCUT2D eigenvalue weighted by Gasteiger charge is 2.60. The van der Waals surface area contributed by atoms with Gasteiger partial charge in [0, 0.05) is 5.56 Å². The molecule has 0 saturated heterocycles. The minimum atomic E-state index is -1.29. The maximum atomic E-state index is 15.5. The van der Waals surface area contributed by atoms with E-state index in [1.54, 1.807) is 19.2 Å². The Morgan fingerprint density at radius 1 is 0.609 bits per heavy atom. The molecule has 1 amide bonds. The van der Waals surface area contributed by atoms with Crippen LogP contribution in [0.5, 0.6) is 11.5 Å². The van der Waals surface area contributed by atoms with Crippen molar-refractivity contribution in [2.75, 3.05) is 19.2 Å². The zero-order chi connectivity index (χ0) is 31.8. The van der Waals surface area contributed by atoms with E-state index in [9.17, 15) is 0 Å². The highest BCUT2D eigenvalue weighted by atomic mass is 16.5. The van der Waals surface area contributed by atoms with Crippen molar-refractivity contribution in [3.05, 3.63) is 167 Å². The zero-order valence-corrected chi connectivity index (χ0v) is 26.3. The molecule has 46 heavy (non-hydrogen) atoms. The van der Waals surface area contributed by atoms with E-state index in [4.69, 9.17) is 14.6 Å². The molecule has 0 bridgehead atoms. The molecule has 5 heteroatoms. The Kier molecular flexibility index (Phi) is 7.37. The second kappa shape index (κ2) is 11.7. The first kappa shape index (κ1) is 29.1. The molecule has 5 aromatic rings. The van der Waals surface area contributed by atoms with Gasteiger partial charge >= 0.3 is 0 Å². The topological polar surface area (TPSA) is 51.1 Å². The highest BCUT2D eigenvalue weighted by molar-refractivity contribution is 6.42. The summed E-state index contributed by atoms with van der Waals surface area (Å²) in [5, 5.41) is 6.78. The first-order valence-electron chi connectivity index (χ1n) is 15.3. The predicted molar refractivity (Wildman–Crippen MR) is 186 cm³/mol. The van der Waals surface area contributed by atoms with Gasteiger partial charge in [0.25, 0.3) is 5.91 Å². The molecule has 0 radical (unpaired) electrons. The van der Waals surface area contributed by atoms with Crippen LogP contribution in [0.1, 0.15) is 33.4 Å². The van der Waals surface area contributed by atoms with Gasteiger partial charge in [-0.15, -0.1) is 0 Å². The van der Waals surface area contributed by atoms with Crippen molar-refractivity contribution in [2.24, 2.45) is 10.5 Å². The molecule has 7 rings (SSSR count). The van der Waals surface area contributed by atoms with Gasteiger partial charge in [-0.3, -0.25) is 4.79 Å². The monoisotopic (exact) mass is 602 g/mol. The number of hydrogen-bond donors (Lipinski definition) is 0. The lowest BCUT2D eigenvalue weighted by Crippen LogP contribution is -2.41. The van der Waals surface area contributed by atoms with Crippen molar-refractivity contribution in [3.63, 3.8) is 0 Å². The van der Waals surface area contributed by atoms with Gasteiger partial charge in [-0.1, -0.05) is 108 Å². The lowest BCUT2D eigenvalue weighted by molar-refractivity contribution is -0.120. The van der Waals surface area contributed by atoms with E-state index in [1.165, 1.54) is 5.56 Å². The molecule has 0 saturated carbocycles. The second-order valence-electron chi connectivity index (χ2n) is 11.7. The van der Waals surface area contributed by atoms with Crippen LogP contribution in [0.4, 0.5) is 5.69 Å². The zero-order valence-electron chi connectivity index (χ0n) is 26.3. The fourth-order valence-corrected chi connectivity index (χ4v) is 6.58. The lowest BCUT2D eigenvalue weighted by atomic mass is 9.66. The molecule has 1 aliphatic carbocycles. The number of nitrogens with zero attached hydrogens (tertiary/aromatic N) is 2. The standard InChI is InChI=1S/C41H34N2O3/c1-27-15-19-29(20-16-27)34-26-35(30-11-7-5-8-12-30)41(38(34)31-21-17-28(2)18-22-31)39(32-23-24-36(45-3)37(25-32)46-4)42-43(40(41)44)33-13-9-6-10-14-33/h5-26H,1-4H3/t41-/m1/s1. The quantitative estimate of drug-likeness (QED) is 0.187. The lowest BCUT2D eigenvalue weighted by Gasteiger charge is -2.32. The average molecular weight is 603 g/mol. The fourth-order valence-electron chi connectivity index (χ4n) is 6.58. The molecule has 0 unspecified atom stereocenters. The Bertz CT molecular complexity index is 2030. The Morgan fingerprint density at radius 3 is 1.78 bits per heavy atom. The summed E-state index contributed by atoms with van der Waals surface area (Å²) in [7, 11) is 3.24. The summed E-state index contributed by atoms with van der Waals surface area (Å²) in [6.45, 7) is 4.16. The summed E-state index contributed by atoms with van der Waals surface area (Å²) in [4.78, 5) is 15.5. The maximum Gasteiger partial charge on any atom is 0.268 e. The molecular weight excluding hydrogens is 568 g/mol. The number of hydrogen-bond acceptors (Lipinski definition) is 4. The molecule has 1 spiro atoms. The van der Waals surface area contributed by atoms with Crippen LogP contribution in [0.2, 0.25) is 0 Å². The smallest absolute Gasteiger partial charge is 0.268 e. The SMILES string of the molecule is COc1ccc(C2=NN(c3ccccc3)C(=O)[C@@]23C(c2ccccc2)=CC(c2ccc(C)cc2)=C3c2ccc(C)cc2)cc1OC. The number of para-hydroxylation sites is 1. The minimum absolute atomic E-state index is 0.142. The summed E-state index contributed by atoms with van der Waals surface area (Å²) in [5.41, 5.74) is 8.80. The fraction of sp³-hybridized carbons (Fsp3) is 0.122. The Labute approximate surface area is 269 Å². The molecule has 2 aliphatic rings. The van der Waals surface area contributed by atoms with E-state index in [2.05, 4.69) is 80.6 Å². The van der Waals surface area contributed by atoms with E-state index in [1.807, 2.05) is 66.7 Å². The van der Waals surface area contributed by atoms with Gasteiger partial charge in [-0.2, -0.15) is 10.1 Å². The van der Waals surface area contributed by atoms with Gasteiger partial charge in [-0.05, 0) is 83.7 Å². The van der Waals surface area contributed by atoms with Gasteiger partial charge in [0.05, 0.1) is 25.6 Å². The van der Waals surface area contributed by atoms with Crippen LogP contribution in [-0.4, -0.2) is 25.8 Å². The normalized spacial score (nSPS) is 17.4. The van der Waals surface area contributed by atoms with Gasteiger partial charge < -0.3 is 9.47 Å². The number of ether oxygens (including phenoxy) is 2. The van der Waals surface area contributed by atoms with Crippen molar-refractivity contribution in [1.29, 1.82) is 0 Å². The number of rotatable bonds is 7. The predicted octanol–water partition coefficient (Wildman–Crippen LogP) is 8.77. The van der Waals surface area contributed by atoms with E-state index in [0.29, 0.717) is 22.9 Å². The van der Waals surface area contributed by atoms with Crippen LogP contribution < -0.4 is 14.5 Å². The number of methoxy groups -OCH3 is 2. The van der Waals surface area contributed by atoms with Gasteiger partial charge in [0.2, 0.25) is 0 Å². The molecular formula is C41H34N2O3. The maximum absolute atomic E-state index is 15.5. The molecule has 5 nitrogen and oxygen atoms in total. The number of aryl methyl sites for hydroxylation is 2. The van der Waals surface area contributed by atoms with Crippen LogP contribution in [0.3, 0.4) is 0 Å². The third-order valence-corrected chi connectivity index (χ3v) is 8.85. The second-order valence-corrected chi connectivity index (χ2v) is 11.7. The van der Waals surface area contributed by atoms with E-state index < -0.39 is 5.41 Å². The van der Waals surface area contributed by atoms with E-state index >= 15 is 4.79 Å². The third kappa shape index (κ3) is 4.63. The molecule has 1 atom stereocenters. The van der Waals surface area contributed by atoms with Crippen LogP contribution in [0, 0.1) is 19.3 Å². The van der Waals surface area contributed by atoms with Crippen LogP contribution in [0.15, 0.2) is 139 Å². The molecule has 1 heterocycles. The number of anilines is 1. The highest BCUT2D eigenvalue weighted by Crippen LogP contribution is 2.60. The molecule has 5 aromatic carbocycles. The Morgan fingerprint density at radius 2 is 1.17 bits per heavy atom. The number of carbonyl (C=O) groups excluding carboxylic acids is 1. The van der Waals surface area contributed by atoms with E-state index in [-0.39, 0.29) is 5.91 Å². The van der Waals surface area contributed by atoms with Gasteiger partial charge in [0.15, 0.2) is 11.5 Å². The minimum Gasteiger partial charge on any atom is -0.493 e. The summed E-state index contributed by atoms with van der Waals surface area (Å²) < 4.78 is 11.4. The Balaban J connectivity index is 1.61. The number of amides is 1.